The summed E-state index contributed by atoms with van der Waals surface area (Å²) in [5, 5.41) is 10.8. The molecule has 1 saturated heterocycles. The molecule has 4 N–H and O–H groups in total. The summed E-state index contributed by atoms with van der Waals surface area (Å²) in [7, 11) is 0. The van der Waals surface area contributed by atoms with Gasteiger partial charge in [0.15, 0.2) is 0 Å². The molecule has 3 aliphatic rings. The number of hydrogen-bond acceptors (Lipinski definition) is 9. The van der Waals surface area contributed by atoms with E-state index in [1.165, 1.54) is 4.90 Å². The van der Waals surface area contributed by atoms with Gasteiger partial charge in [-0.2, -0.15) is 0 Å². The number of amides is 5. The zero-order chi connectivity index (χ0) is 43.7. The zero-order valence-electron chi connectivity index (χ0n) is 36.0. The van der Waals surface area contributed by atoms with Gasteiger partial charge in [-0.05, 0) is 67.4 Å². The summed E-state index contributed by atoms with van der Waals surface area (Å²) in [6.45, 7) is 5.56. The number of nitrogens with zero attached hydrogens (tertiary/aromatic N) is 1. The summed E-state index contributed by atoms with van der Waals surface area (Å²) < 4.78 is 11.0. The number of rotatable bonds is 19. The number of esters is 1. The van der Waals surface area contributed by atoms with Crippen LogP contribution in [0.3, 0.4) is 0 Å². The van der Waals surface area contributed by atoms with Gasteiger partial charge in [-0.1, -0.05) is 126 Å². The lowest BCUT2D eigenvalue weighted by Gasteiger charge is -2.34. The van der Waals surface area contributed by atoms with Crippen molar-refractivity contribution in [3.63, 3.8) is 0 Å². The first-order valence-electron chi connectivity index (χ1n) is 22.4. The first-order chi connectivity index (χ1) is 29.4. The van der Waals surface area contributed by atoms with Gasteiger partial charge in [-0.25, -0.2) is 9.59 Å². The molecular weight excluding hydrogens is 779 g/mol. The summed E-state index contributed by atoms with van der Waals surface area (Å²) in [6.07, 6.45) is 8.90. The van der Waals surface area contributed by atoms with Crippen molar-refractivity contribution in [1.82, 2.24) is 26.2 Å². The summed E-state index contributed by atoms with van der Waals surface area (Å²) in [5.74, 6) is -4.52. The molecule has 2 aromatic rings. The predicted octanol–water partition coefficient (Wildman–Crippen LogP) is 5.48. The minimum absolute atomic E-state index is 0.0549. The van der Waals surface area contributed by atoms with Crippen LogP contribution in [0.15, 0.2) is 60.7 Å². The van der Waals surface area contributed by atoms with E-state index in [9.17, 15) is 33.6 Å². The van der Waals surface area contributed by atoms with Crippen LogP contribution in [0.1, 0.15) is 121 Å². The Kier molecular flexibility index (Phi) is 18.1. The standard InChI is InChI=1S/C47H65N5O9/c1-4-17-37(42(54)44(56)48-27-39(53)50-41(35-24-15-8-16-25-35)46(58)60-30-32-18-9-5-10-19-32)49-43(55)38-26-36(33-20-11-6-12-21-33)28-52(38)45(57)40(34-22-13-7-14-23-34)51-47(59)61-29-31(2)3/h5-6,9-12,18-21,31,34-38,40-41H,4,7-8,13-17,22-30H2,1-3H3,(H,48,56)(H,49,55)(H,50,53)(H,51,59). The van der Waals surface area contributed by atoms with Crippen LogP contribution >= 0.6 is 0 Å². The average molecular weight is 844 g/mol. The van der Waals surface area contributed by atoms with Gasteiger partial charge < -0.3 is 35.6 Å². The highest BCUT2D eigenvalue weighted by Crippen LogP contribution is 2.35. The molecule has 0 spiro atoms. The van der Waals surface area contributed by atoms with E-state index >= 15 is 0 Å². The molecule has 5 amide bonds. The summed E-state index contributed by atoms with van der Waals surface area (Å²) >= 11 is 0. The number of hydrogen-bond donors (Lipinski definition) is 4. The Morgan fingerprint density at radius 2 is 1.34 bits per heavy atom. The Hall–Kier alpha value is -5.27. The molecular formula is C47H65N5O9. The molecule has 14 heteroatoms. The van der Waals surface area contributed by atoms with Gasteiger partial charge >= 0.3 is 12.1 Å². The van der Waals surface area contributed by atoms with Crippen LogP contribution in [0.5, 0.6) is 0 Å². The van der Waals surface area contributed by atoms with Crippen LogP contribution in [-0.4, -0.2) is 90.2 Å². The van der Waals surface area contributed by atoms with E-state index in [1.807, 2.05) is 81.4 Å². The Morgan fingerprint density at radius 3 is 1.95 bits per heavy atom. The number of ketones is 1. The molecule has 14 nitrogen and oxygen atoms in total. The number of likely N-dealkylation sites (tertiary alicyclic amines) is 1. The second-order valence-corrected chi connectivity index (χ2v) is 17.3. The fraction of sp³-hybridized carbons (Fsp3) is 0.596. The Balaban J connectivity index is 1.25. The third-order valence-electron chi connectivity index (χ3n) is 12.1. The Bertz CT molecular complexity index is 1780. The van der Waals surface area contributed by atoms with Crippen LogP contribution in [0.25, 0.3) is 0 Å². The highest BCUT2D eigenvalue weighted by atomic mass is 16.5. The molecule has 0 aromatic heterocycles. The Labute approximate surface area is 360 Å². The van der Waals surface area contributed by atoms with Crippen molar-refractivity contribution in [2.75, 3.05) is 19.7 Å². The van der Waals surface area contributed by atoms with E-state index in [1.54, 1.807) is 0 Å². The van der Waals surface area contributed by atoms with Crippen LogP contribution in [0.4, 0.5) is 4.79 Å². The van der Waals surface area contributed by atoms with Crippen LogP contribution in [0, 0.1) is 17.8 Å². The second-order valence-electron chi connectivity index (χ2n) is 17.3. The van der Waals surface area contributed by atoms with E-state index in [2.05, 4.69) is 21.3 Å². The fourth-order valence-corrected chi connectivity index (χ4v) is 8.84. The SMILES string of the molecule is CCCC(NC(=O)C1CC(c2ccccc2)CN1C(=O)C(NC(=O)OCC(C)C)C1CCCCC1)C(=O)C(=O)NCC(=O)NC(C(=O)OCc1ccccc1)C1CCCCC1. The van der Waals surface area contributed by atoms with Crippen molar-refractivity contribution in [2.24, 2.45) is 17.8 Å². The number of alkyl carbamates (subject to hydrolysis) is 1. The van der Waals surface area contributed by atoms with Crippen LogP contribution < -0.4 is 21.3 Å². The van der Waals surface area contributed by atoms with Gasteiger partial charge in [0.05, 0.1) is 19.2 Å². The van der Waals surface area contributed by atoms with Gasteiger partial charge in [0.2, 0.25) is 23.5 Å². The zero-order valence-corrected chi connectivity index (χ0v) is 36.0. The molecule has 0 radical (unpaired) electrons. The van der Waals surface area contributed by atoms with Gasteiger partial charge in [-0.15, -0.1) is 0 Å². The number of Topliss-reactive ketones (excluding diaryl/α,β-unsaturated/α-hetero) is 1. The first-order valence-corrected chi connectivity index (χ1v) is 22.4. The minimum Gasteiger partial charge on any atom is -0.459 e. The molecule has 332 valence electrons. The average Bonchev–Trinajstić information content (AvgIpc) is 3.74. The number of carbonyl (C=O) groups excluding carboxylic acids is 7. The molecule has 5 atom stereocenters. The van der Waals surface area contributed by atoms with Gasteiger partial charge in [0, 0.05) is 12.5 Å². The third-order valence-corrected chi connectivity index (χ3v) is 12.1. The highest BCUT2D eigenvalue weighted by molar-refractivity contribution is 6.38. The molecule has 5 unspecified atom stereocenters. The van der Waals surface area contributed by atoms with Gasteiger partial charge in [0.1, 0.15) is 24.7 Å². The molecule has 1 heterocycles. The maximum Gasteiger partial charge on any atom is 0.407 e. The predicted molar refractivity (Wildman–Crippen MR) is 229 cm³/mol. The largest absolute Gasteiger partial charge is 0.459 e. The normalized spacial score (nSPS) is 19.8. The molecule has 61 heavy (non-hydrogen) atoms. The maximum atomic E-state index is 14.6. The van der Waals surface area contributed by atoms with E-state index in [0.717, 1.165) is 75.3 Å². The second kappa shape index (κ2) is 23.7. The number of nitrogens with one attached hydrogen (secondary N) is 4. The molecule has 2 saturated carbocycles. The lowest BCUT2D eigenvalue weighted by atomic mass is 9.83. The highest BCUT2D eigenvalue weighted by Gasteiger charge is 2.45. The monoisotopic (exact) mass is 843 g/mol. The number of ether oxygens (including phenoxy) is 2. The van der Waals surface area contributed by atoms with Crippen molar-refractivity contribution >= 4 is 41.5 Å². The molecule has 2 aliphatic carbocycles. The quantitative estimate of drug-likeness (QED) is 0.105. The van der Waals surface area contributed by atoms with Crippen molar-refractivity contribution in [1.29, 1.82) is 0 Å². The summed E-state index contributed by atoms with van der Waals surface area (Å²) in [5.41, 5.74) is 1.76. The molecule has 2 aromatic carbocycles. The van der Waals surface area contributed by atoms with Crippen molar-refractivity contribution < 1.29 is 43.0 Å². The van der Waals surface area contributed by atoms with Crippen molar-refractivity contribution in [3.05, 3.63) is 71.8 Å². The van der Waals surface area contributed by atoms with Crippen LogP contribution in [0.2, 0.25) is 0 Å². The van der Waals surface area contributed by atoms with E-state index < -0.39 is 66.3 Å². The maximum absolute atomic E-state index is 14.6. The van der Waals surface area contributed by atoms with Gasteiger partial charge in [0.25, 0.3) is 5.91 Å². The first kappa shape index (κ1) is 46.8. The van der Waals surface area contributed by atoms with Crippen molar-refractivity contribution in [2.45, 2.75) is 141 Å². The summed E-state index contributed by atoms with van der Waals surface area (Å²) in [4.78, 5) is 96.9. The lowest BCUT2D eigenvalue weighted by Crippen LogP contribution is -2.58. The van der Waals surface area contributed by atoms with E-state index in [-0.39, 0.29) is 62.2 Å². The molecule has 5 rings (SSSR count). The minimum atomic E-state index is -1.23. The van der Waals surface area contributed by atoms with Gasteiger partial charge in [-0.3, -0.25) is 24.0 Å². The number of carbonyl (C=O) groups is 7. The fourth-order valence-electron chi connectivity index (χ4n) is 8.84. The molecule has 1 aliphatic heterocycles. The van der Waals surface area contributed by atoms with Crippen LogP contribution in [-0.2, 0) is 44.8 Å². The molecule has 3 fully saturated rings. The number of benzene rings is 2. The smallest absolute Gasteiger partial charge is 0.407 e. The lowest BCUT2D eigenvalue weighted by molar-refractivity contribution is -0.151. The summed E-state index contributed by atoms with van der Waals surface area (Å²) in [6, 6.07) is 14.8. The third kappa shape index (κ3) is 13.9. The Morgan fingerprint density at radius 1 is 0.738 bits per heavy atom. The van der Waals surface area contributed by atoms with E-state index in [4.69, 9.17) is 9.47 Å². The topological polar surface area (TPSA) is 189 Å². The molecule has 0 bridgehead atoms. The van der Waals surface area contributed by atoms with Crippen molar-refractivity contribution in [3.8, 4) is 0 Å². The van der Waals surface area contributed by atoms with E-state index in [0.29, 0.717) is 6.42 Å².